The SMILES string of the molecule is COCCC(C)Oc1ccc(OC)cc1CBr. The first-order chi connectivity index (χ1) is 8.21. The first-order valence-corrected chi connectivity index (χ1v) is 6.72. The highest BCUT2D eigenvalue weighted by atomic mass is 79.9. The Bertz CT molecular complexity index is 341. The monoisotopic (exact) mass is 302 g/mol. The highest BCUT2D eigenvalue weighted by Gasteiger charge is 2.09. The van der Waals surface area contributed by atoms with Gasteiger partial charge in [-0.25, -0.2) is 0 Å². The van der Waals surface area contributed by atoms with Crippen LogP contribution in [0.3, 0.4) is 0 Å². The molecule has 0 saturated heterocycles. The molecule has 0 aliphatic rings. The predicted octanol–water partition coefficient (Wildman–Crippen LogP) is 3.39. The molecule has 3 nitrogen and oxygen atoms in total. The fourth-order valence-electron chi connectivity index (χ4n) is 1.46. The number of alkyl halides is 1. The number of ether oxygens (including phenoxy) is 3. The molecule has 1 aromatic carbocycles. The van der Waals surface area contributed by atoms with Gasteiger partial charge in [0.25, 0.3) is 0 Å². The molecule has 0 radical (unpaired) electrons. The third-order valence-corrected chi connectivity index (χ3v) is 3.07. The van der Waals surface area contributed by atoms with Crippen molar-refractivity contribution in [1.82, 2.24) is 0 Å². The Balaban J connectivity index is 2.69. The maximum atomic E-state index is 5.87. The van der Waals surface area contributed by atoms with Gasteiger partial charge in [-0.2, -0.15) is 0 Å². The summed E-state index contributed by atoms with van der Waals surface area (Å²) in [4.78, 5) is 0. The molecule has 0 aliphatic carbocycles. The van der Waals surface area contributed by atoms with Crippen LogP contribution in [0.1, 0.15) is 18.9 Å². The van der Waals surface area contributed by atoms with Gasteiger partial charge in [-0.3, -0.25) is 0 Å². The molecule has 1 unspecified atom stereocenters. The quantitative estimate of drug-likeness (QED) is 0.723. The van der Waals surface area contributed by atoms with Crippen molar-refractivity contribution < 1.29 is 14.2 Å². The van der Waals surface area contributed by atoms with E-state index in [4.69, 9.17) is 14.2 Å². The molecular formula is C13H19BrO3. The fourth-order valence-corrected chi connectivity index (χ4v) is 1.90. The molecule has 17 heavy (non-hydrogen) atoms. The molecule has 0 N–H and O–H groups in total. The van der Waals surface area contributed by atoms with Gasteiger partial charge in [0.15, 0.2) is 0 Å². The summed E-state index contributed by atoms with van der Waals surface area (Å²) in [6.07, 6.45) is 1.02. The average Bonchev–Trinajstić information content (AvgIpc) is 2.36. The number of methoxy groups -OCH3 is 2. The largest absolute Gasteiger partial charge is 0.497 e. The Kier molecular flexibility index (Phi) is 6.37. The summed E-state index contributed by atoms with van der Waals surface area (Å²) in [5.74, 6) is 1.74. The van der Waals surface area contributed by atoms with Gasteiger partial charge in [0, 0.05) is 31.0 Å². The third-order valence-electron chi connectivity index (χ3n) is 2.47. The topological polar surface area (TPSA) is 27.7 Å². The first kappa shape index (κ1) is 14.3. The Labute approximate surface area is 111 Å². The van der Waals surface area contributed by atoms with Gasteiger partial charge < -0.3 is 14.2 Å². The van der Waals surface area contributed by atoms with Crippen LogP contribution in [0.2, 0.25) is 0 Å². The van der Waals surface area contributed by atoms with Gasteiger partial charge in [-0.1, -0.05) is 15.9 Å². The smallest absolute Gasteiger partial charge is 0.124 e. The molecule has 96 valence electrons. The molecule has 0 aliphatic heterocycles. The zero-order valence-electron chi connectivity index (χ0n) is 10.5. The van der Waals surface area contributed by atoms with Crippen LogP contribution in [-0.4, -0.2) is 26.9 Å². The van der Waals surface area contributed by atoms with Crippen LogP contribution in [0.25, 0.3) is 0 Å². The lowest BCUT2D eigenvalue weighted by Crippen LogP contribution is -2.15. The minimum absolute atomic E-state index is 0.140. The summed E-state index contributed by atoms with van der Waals surface area (Å²) in [6, 6.07) is 5.83. The van der Waals surface area contributed by atoms with Crippen molar-refractivity contribution >= 4 is 15.9 Å². The van der Waals surface area contributed by atoms with E-state index in [0.29, 0.717) is 6.61 Å². The Morgan fingerprint density at radius 2 is 2.06 bits per heavy atom. The maximum absolute atomic E-state index is 5.87. The van der Waals surface area contributed by atoms with Crippen molar-refractivity contribution in [3.8, 4) is 11.5 Å². The Morgan fingerprint density at radius 1 is 1.29 bits per heavy atom. The van der Waals surface area contributed by atoms with Gasteiger partial charge in [0.2, 0.25) is 0 Å². The van der Waals surface area contributed by atoms with Crippen LogP contribution in [0.5, 0.6) is 11.5 Å². The Morgan fingerprint density at radius 3 is 2.65 bits per heavy atom. The Hall–Kier alpha value is -0.740. The minimum atomic E-state index is 0.140. The molecule has 0 amide bonds. The molecule has 0 fully saturated rings. The third kappa shape index (κ3) is 4.56. The highest BCUT2D eigenvalue weighted by Crippen LogP contribution is 2.27. The highest BCUT2D eigenvalue weighted by molar-refractivity contribution is 9.08. The summed E-state index contributed by atoms with van der Waals surface area (Å²) in [5.41, 5.74) is 1.09. The fraction of sp³-hybridized carbons (Fsp3) is 0.538. The molecular weight excluding hydrogens is 284 g/mol. The number of hydrogen-bond acceptors (Lipinski definition) is 3. The molecule has 4 heteroatoms. The molecule has 0 saturated carbocycles. The molecule has 1 aromatic rings. The molecule has 0 spiro atoms. The van der Waals surface area contributed by atoms with Crippen LogP contribution in [0.15, 0.2) is 18.2 Å². The predicted molar refractivity (Wildman–Crippen MR) is 72.2 cm³/mol. The van der Waals surface area contributed by atoms with Gasteiger partial charge in [0.05, 0.1) is 13.2 Å². The number of halogens is 1. The van der Waals surface area contributed by atoms with Gasteiger partial charge in [-0.05, 0) is 25.1 Å². The second-order valence-corrected chi connectivity index (χ2v) is 4.38. The van der Waals surface area contributed by atoms with Crippen LogP contribution in [-0.2, 0) is 10.1 Å². The van der Waals surface area contributed by atoms with Crippen molar-refractivity contribution in [3.63, 3.8) is 0 Å². The molecule has 0 heterocycles. The van der Waals surface area contributed by atoms with E-state index in [1.165, 1.54) is 0 Å². The summed E-state index contributed by atoms with van der Waals surface area (Å²) in [7, 11) is 3.36. The van der Waals surface area contributed by atoms with E-state index in [1.54, 1.807) is 14.2 Å². The second-order valence-electron chi connectivity index (χ2n) is 3.82. The minimum Gasteiger partial charge on any atom is -0.497 e. The summed E-state index contributed by atoms with van der Waals surface area (Å²) < 4.78 is 16.1. The van der Waals surface area contributed by atoms with E-state index in [1.807, 2.05) is 25.1 Å². The lowest BCUT2D eigenvalue weighted by Gasteiger charge is -2.17. The standard InChI is InChI=1S/C13H19BrO3/c1-10(6-7-15-2)17-13-5-4-12(16-3)8-11(13)9-14/h4-5,8,10H,6-7,9H2,1-3H3. The van der Waals surface area contributed by atoms with Gasteiger partial charge in [0.1, 0.15) is 11.5 Å². The van der Waals surface area contributed by atoms with Crippen molar-refractivity contribution in [2.45, 2.75) is 24.8 Å². The van der Waals surface area contributed by atoms with Crippen molar-refractivity contribution in [1.29, 1.82) is 0 Å². The van der Waals surface area contributed by atoms with E-state index < -0.39 is 0 Å². The summed E-state index contributed by atoms with van der Waals surface area (Å²) in [6.45, 7) is 2.75. The molecule has 0 bridgehead atoms. The van der Waals surface area contributed by atoms with Gasteiger partial charge >= 0.3 is 0 Å². The summed E-state index contributed by atoms with van der Waals surface area (Å²) >= 11 is 3.45. The lowest BCUT2D eigenvalue weighted by molar-refractivity contribution is 0.134. The first-order valence-electron chi connectivity index (χ1n) is 5.59. The molecule has 1 rings (SSSR count). The van der Waals surface area contributed by atoms with Crippen LogP contribution in [0.4, 0.5) is 0 Å². The average molecular weight is 303 g/mol. The zero-order chi connectivity index (χ0) is 12.7. The van der Waals surface area contributed by atoms with E-state index in [-0.39, 0.29) is 6.10 Å². The number of rotatable bonds is 7. The van der Waals surface area contributed by atoms with E-state index in [0.717, 1.165) is 28.8 Å². The van der Waals surface area contributed by atoms with Gasteiger partial charge in [-0.15, -0.1) is 0 Å². The van der Waals surface area contributed by atoms with E-state index >= 15 is 0 Å². The molecule has 1 atom stereocenters. The van der Waals surface area contributed by atoms with Crippen molar-refractivity contribution in [3.05, 3.63) is 23.8 Å². The van der Waals surface area contributed by atoms with E-state index in [9.17, 15) is 0 Å². The van der Waals surface area contributed by atoms with Crippen molar-refractivity contribution in [2.75, 3.05) is 20.8 Å². The second kappa shape index (κ2) is 7.56. The maximum Gasteiger partial charge on any atom is 0.124 e. The van der Waals surface area contributed by atoms with Crippen LogP contribution in [0, 0.1) is 0 Å². The lowest BCUT2D eigenvalue weighted by atomic mass is 10.2. The zero-order valence-corrected chi connectivity index (χ0v) is 12.1. The molecule has 0 aromatic heterocycles. The summed E-state index contributed by atoms with van der Waals surface area (Å²) in [5, 5.41) is 0.747. The number of hydrogen-bond donors (Lipinski definition) is 0. The normalized spacial score (nSPS) is 12.2. The number of benzene rings is 1. The van der Waals surface area contributed by atoms with E-state index in [2.05, 4.69) is 15.9 Å². The van der Waals surface area contributed by atoms with Crippen molar-refractivity contribution in [2.24, 2.45) is 0 Å². The van der Waals surface area contributed by atoms with Crippen LogP contribution >= 0.6 is 15.9 Å². The van der Waals surface area contributed by atoms with Crippen LogP contribution < -0.4 is 9.47 Å².